The van der Waals surface area contributed by atoms with E-state index >= 15 is 0 Å². The van der Waals surface area contributed by atoms with Crippen LogP contribution in [0.1, 0.15) is 32.8 Å². The molecule has 0 aromatic heterocycles. The molecule has 208 valence electrons. The van der Waals surface area contributed by atoms with Crippen molar-refractivity contribution >= 4 is 43.5 Å². The Morgan fingerprint density at radius 3 is 2.18 bits per heavy atom. The molecule has 0 aliphatic rings. The lowest BCUT2D eigenvalue weighted by Gasteiger charge is -2.32. The highest BCUT2D eigenvalue weighted by molar-refractivity contribution is 9.10. The van der Waals surface area contributed by atoms with E-state index in [4.69, 9.17) is 4.74 Å². The topological polar surface area (TPSA) is 96.0 Å². The number of sulfonamides is 1. The number of amides is 2. The first kappa shape index (κ1) is 30.2. The number of nitrogens with zero attached hydrogens (tertiary/aromatic N) is 2. The molecule has 10 heteroatoms. The summed E-state index contributed by atoms with van der Waals surface area (Å²) in [4.78, 5) is 28.2. The molecule has 0 unspecified atom stereocenters. The molecule has 3 aromatic rings. The van der Waals surface area contributed by atoms with Crippen molar-refractivity contribution in [3.05, 3.63) is 88.9 Å². The van der Waals surface area contributed by atoms with Gasteiger partial charge in [0.25, 0.3) is 10.0 Å². The zero-order valence-corrected chi connectivity index (χ0v) is 24.7. The predicted molar refractivity (Wildman–Crippen MR) is 156 cm³/mol. The zero-order chi connectivity index (χ0) is 28.4. The summed E-state index contributed by atoms with van der Waals surface area (Å²) < 4.78 is 35.0. The molecule has 0 spiro atoms. The smallest absolute Gasteiger partial charge is 0.264 e. The van der Waals surface area contributed by atoms with E-state index in [1.165, 1.54) is 17.0 Å². The number of hydrogen-bond donors (Lipinski definition) is 1. The number of hydrogen-bond acceptors (Lipinski definition) is 5. The molecule has 2 amide bonds. The van der Waals surface area contributed by atoms with Gasteiger partial charge in [-0.25, -0.2) is 8.42 Å². The second kappa shape index (κ2) is 14.1. The van der Waals surface area contributed by atoms with Gasteiger partial charge in [0.2, 0.25) is 11.8 Å². The highest BCUT2D eigenvalue weighted by atomic mass is 79.9. The van der Waals surface area contributed by atoms with Crippen LogP contribution in [0.3, 0.4) is 0 Å². The lowest BCUT2D eigenvalue weighted by Crippen LogP contribution is -2.51. The van der Waals surface area contributed by atoms with Gasteiger partial charge in [0.15, 0.2) is 0 Å². The van der Waals surface area contributed by atoms with Crippen LogP contribution in [-0.4, -0.2) is 50.9 Å². The van der Waals surface area contributed by atoms with Crippen molar-refractivity contribution in [2.75, 3.05) is 24.0 Å². The summed E-state index contributed by atoms with van der Waals surface area (Å²) in [6, 6.07) is 21.2. The highest BCUT2D eigenvalue weighted by Gasteiger charge is 2.32. The van der Waals surface area contributed by atoms with Crippen LogP contribution < -0.4 is 14.4 Å². The molecule has 0 saturated carbocycles. The molecule has 1 atom stereocenters. The second-order valence-electron chi connectivity index (χ2n) is 8.87. The summed E-state index contributed by atoms with van der Waals surface area (Å²) >= 11 is 3.33. The van der Waals surface area contributed by atoms with Gasteiger partial charge in [0.1, 0.15) is 18.3 Å². The number of anilines is 1. The summed E-state index contributed by atoms with van der Waals surface area (Å²) in [7, 11) is -4.13. The molecule has 8 nitrogen and oxygen atoms in total. The predicted octanol–water partition coefficient (Wildman–Crippen LogP) is 4.99. The van der Waals surface area contributed by atoms with E-state index < -0.39 is 28.5 Å². The van der Waals surface area contributed by atoms with E-state index in [0.717, 1.165) is 20.8 Å². The third kappa shape index (κ3) is 8.06. The first-order valence-electron chi connectivity index (χ1n) is 12.8. The number of nitrogens with one attached hydrogen (secondary N) is 1. The molecule has 3 rings (SSSR count). The zero-order valence-electron chi connectivity index (χ0n) is 22.3. The van der Waals surface area contributed by atoms with Gasteiger partial charge in [-0.2, -0.15) is 0 Å². The summed E-state index contributed by atoms with van der Waals surface area (Å²) in [5.41, 5.74) is 1.13. The molecule has 3 aromatic carbocycles. The van der Waals surface area contributed by atoms with Crippen LogP contribution in [0.4, 0.5) is 5.69 Å². The molecule has 1 N–H and O–H groups in total. The van der Waals surface area contributed by atoms with Crippen molar-refractivity contribution < 1.29 is 22.7 Å². The van der Waals surface area contributed by atoms with Crippen molar-refractivity contribution in [2.45, 2.75) is 44.7 Å². The van der Waals surface area contributed by atoms with Gasteiger partial charge >= 0.3 is 0 Å². The van der Waals surface area contributed by atoms with Gasteiger partial charge in [-0.1, -0.05) is 53.2 Å². The van der Waals surface area contributed by atoms with Crippen LogP contribution in [0.2, 0.25) is 0 Å². The van der Waals surface area contributed by atoms with Crippen molar-refractivity contribution in [3.63, 3.8) is 0 Å². The molecule has 0 bridgehead atoms. The third-order valence-electron chi connectivity index (χ3n) is 6.03. The van der Waals surface area contributed by atoms with E-state index in [1.807, 2.05) is 44.2 Å². The van der Waals surface area contributed by atoms with E-state index in [-0.39, 0.29) is 17.3 Å². The molecular formula is C29H34BrN3O5S. The Balaban J connectivity index is 2.00. The minimum atomic E-state index is -4.13. The maximum absolute atomic E-state index is 13.9. The monoisotopic (exact) mass is 615 g/mol. The number of ether oxygens (including phenoxy) is 1. The molecule has 0 heterocycles. The van der Waals surface area contributed by atoms with Gasteiger partial charge in [0, 0.05) is 17.6 Å². The minimum Gasteiger partial charge on any atom is -0.494 e. The number of rotatable bonds is 13. The Hall–Kier alpha value is -3.37. The van der Waals surface area contributed by atoms with E-state index in [9.17, 15) is 18.0 Å². The summed E-state index contributed by atoms with van der Waals surface area (Å²) in [6.45, 7) is 6.05. The number of benzene rings is 3. The lowest BCUT2D eigenvalue weighted by molar-refractivity contribution is -0.139. The van der Waals surface area contributed by atoms with Crippen LogP contribution in [0.5, 0.6) is 5.75 Å². The first-order valence-corrected chi connectivity index (χ1v) is 15.0. The van der Waals surface area contributed by atoms with Crippen LogP contribution in [0.15, 0.2) is 88.2 Å². The van der Waals surface area contributed by atoms with Crippen LogP contribution >= 0.6 is 15.9 Å². The van der Waals surface area contributed by atoms with E-state index in [1.54, 1.807) is 43.3 Å². The molecule has 0 aliphatic heterocycles. The molecule has 0 saturated heterocycles. The summed E-state index contributed by atoms with van der Waals surface area (Å²) in [6.07, 6.45) is 0.752. The largest absolute Gasteiger partial charge is 0.494 e. The second-order valence-corrected chi connectivity index (χ2v) is 11.6. The fourth-order valence-electron chi connectivity index (χ4n) is 3.90. The molecular weight excluding hydrogens is 582 g/mol. The Bertz CT molecular complexity index is 1330. The van der Waals surface area contributed by atoms with Crippen LogP contribution in [0.25, 0.3) is 0 Å². The highest BCUT2D eigenvalue weighted by Crippen LogP contribution is 2.27. The standard InChI is InChI=1S/C29H34BrN3O5S/c1-4-19-31-29(35)22(3)32(20-23-9-7-6-8-10-23)28(34)21-33(25-13-15-26(16-14-25)38-5-2)39(36,37)27-17-11-24(30)12-18-27/h6-18,22H,4-5,19-21H2,1-3H3,(H,31,35)/t22-/m1/s1. The maximum Gasteiger partial charge on any atom is 0.264 e. The van der Waals surface area contributed by atoms with Crippen LogP contribution in [-0.2, 0) is 26.2 Å². The lowest BCUT2D eigenvalue weighted by atomic mass is 10.1. The SMILES string of the molecule is CCCNC(=O)[C@@H](C)N(Cc1ccccc1)C(=O)CN(c1ccc(OCC)cc1)S(=O)(=O)c1ccc(Br)cc1. The molecule has 39 heavy (non-hydrogen) atoms. The average molecular weight is 617 g/mol. The number of carbonyl (C=O) groups excluding carboxylic acids is 2. The Morgan fingerprint density at radius 2 is 1.59 bits per heavy atom. The van der Waals surface area contributed by atoms with E-state index in [0.29, 0.717) is 24.6 Å². The normalized spacial score (nSPS) is 11.9. The van der Waals surface area contributed by atoms with Crippen molar-refractivity contribution in [2.24, 2.45) is 0 Å². The van der Waals surface area contributed by atoms with Crippen molar-refractivity contribution in [3.8, 4) is 5.75 Å². The quantitative estimate of drug-likeness (QED) is 0.292. The Morgan fingerprint density at radius 1 is 0.949 bits per heavy atom. The molecule has 0 fully saturated rings. The number of carbonyl (C=O) groups is 2. The van der Waals surface area contributed by atoms with Gasteiger partial charge < -0.3 is 15.0 Å². The molecule has 0 radical (unpaired) electrons. The average Bonchev–Trinajstić information content (AvgIpc) is 2.94. The Labute approximate surface area is 239 Å². The van der Waals surface area contributed by atoms with Gasteiger partial charge in [-0.3, -0.25) is 13.9 Å². The van der Waals surface area contributed by atoms with Crippen molar-refractivity contribution in [1.82, 2.24) is 10.2 Å². The molecule has 0 aliphatic carbocycles. The Kier molecular flexibility index (Phi) is 10.9. The number of halogens is 1. The maximum atomic E-state index is 13.9. The fraction of sp³-hybridized carbons (Fsp3) is 0.310. The first-order chi connectivity index (χ1) is 18.7. The van der Waals surface area contributed by atoms with Crippen molar-refractivity contribution in [1.29, 1.82) is 0 Å². The van der Waals surface area contributed by atoms with Gasteiger partial charge in [0.05, 0.1) is 17.2 Å². The summed E-state index contributed by atoms with van der Waals surface area (Å²) in [5, 5.41) is 2.83. The van der Waals surface area contributed by atoms with Crippen LogP contribution in [0, 0.1) is 0 Å². The fourth-order valence-corrected chi connectivity index (χ4v) is 5.57. The minimum absolute atomic E-state index is 0.0377. The third-order valence-corrected chi connectivity index (χ3v) is 8.35. The van der Waals surface area contributed by atoms with Gasteiger partial charge in [-0.15, -0.1) is 0 Å². The summed E-state index contributed by atoms with van der Waals surface area (Å²) in [5.74, 6) is -0.224. The van der Waals surface area contributed by atoms with E-state index in [2.05, 4.69) is 21.2 Å². The van der Waals surface area contributed by atoms with Gasteiger partial charge in [-0.05, 0) is 74.4 Å².